The number of esters is 1. The third-order valence-corrected chi connectivity index (χ3v) is 7.26. The van der Waals surface area contributed by atoms with Gasteiger partial charge in [0.05, 0.1) is 25.0 Å². The molecule has 1 aromatic rings. The Hall–Kier alpha value is -2.33. The number of benzene rings is 1. The van der Waals surface area contributed by atoms with Gasteiger partial charge < -0.3 is 19.5 Å². The van der Waals surface area contributed by atoms with E-state index < -0.39 is 28.0 Å². The molecule has 2 fully saturated rings. The molecule has 166 valence electrons. The molecule has 10 heteroatoms. The average Bonchev–Trinajstić information content (AvgIpc) is 3.57. The van der Waals surface area contributed by atoms with Crippen LogP contribution in [0.2, 0.25) is 0 Å². The predicted octanol–water partition coefficient (Wildman–Crippen LogP) is 1.31. The summed E-state index contributed by atoms with van der Waals surface area (Å²) < 4.78 is 42.9. The quantitative estimate of drug-likeness (QED) is 0.607. The van der Waals surface area contributed by atoms with Crippen molar-refractivity contribution in [3.63, 3.8) is 0 Å². The van der Waals surface area contributed by atoms with Gasteiger partial charge in [0.15, 0.2) is 17.6 Å². The third kappa shape index (κ3) is 5.04. The molecule has 1 aliphatic carbocycles. The second kappa shape index (κ2) is 9.22. The van der Waals surface area contributed by atoms with Gasteiger partial charge in [-0.2, -0.15) is 4.31 Å². The van der Waals surface area contributed by atoms with Crippen molar-refractivity contribution in [2.45, 2.75) is 49.6 Å². The lowest BCUT2D eigenvalue weighted by Crippen LogP contribution is -2.42. The molecule has 0 bridgehead atoms. The van der Waals surface area contributed by atoms with Gasteiger partial charge in [-0.3, -0.25) is 9.59 Å². The highest BCUT2D eigenvalue weighted by Gasteiger charge is 2.35. The number of nitrogens with one attached hydrogen (secondary N) is 1. The first-order valence-corrected chi connectivity index (χ1v) is 11.4. The fraction of sp³-hybridized carbons (Fsp3) is 0.600. The van der Waals surface area contributed by atoms with Gasteiger partial charge in [0.1, 0.15) is 0 Å². The van der Waals surface area contributed by atoms with E-state index in [9.17, 15) is 18.0 Å². The zero-order valence-electron chi connectivity index (χ0n) is 17.4. The largest absolute Gasteiger partial charge is 0.493 e. The first-order valence-electron chi connectivity index (χ1n) is 9.99. The van der Waals surface area contributed by atoms with Crippen LogP contribution < -0.4 is 14.8 Å². The van der Waals surface area contributed by atoms with E-state index in [-0.39, 0.29) is 29.9 Å². The molecule has 0 aromatic heterocycles. The molecule has 1 N–H and O–H groups in total. The molecule has 1 unspecified atom stereocenters. The van der Waals surface area contributed by atoms with Crippen LogP contribution in [0.25, 0.3) is 0 Å². The van der Waals surface area contributed by atoms with Crippen LogP contribution in [-0.2, 0) is 24.3 Å². The SMILES string of the molecule is COc1ccc(S(=O)(=O)N2CCC(C(=O)OC(C)C(=O)NC3CC3)CC2)cc1OC. The number of hydrogen-bond acceptors (Lipinski definition) is 7. The van der Waals surface area contributed by atoms with E-state index in [2.05, 4.69) is 5.32 Å². The topological polar surface area (TPSA) is 111 Å². The van der Waals surface area contributed by atoms with E-state index in [1.54, 1.807) is 13.0 Å². The van der Waals surface area contributed by atoms with Gasteiger partial charge in [-0.15, -0.1) is 0 Å². The zero-order chi connectivity index (χ0) is 21.9. The number of hydrogen-bond donors (Lipinski definition) is 1. The van der Waals surface area contributed by atoms with Crippen molar-refractivity contribution in [3.8, 4) is 11.5 Å². The molecule has 3 rings (SSSR count). The molecule has 1 aromatic carbocycles. The maximum Gasteiger partial charge on any atom is 0.309 e. The lowest BCUT2D eigenvalue weighted by atomic mass is 9.98. The van der Waals surface area contributed by atoms with Gasteiger partial charge in [0.2, 0.25) is 10.0 Å². The number of methoxy groups -OCH3 is 2. The minimum Gasteiger partial charge on any atom is -0.493 e. The van der Waals surface area contributed by atoms with Gasteiger partial charge in [-0.25, -0.2) is 8.42 Å². The Morgan fingerprint density at radius 2 is 1.70 bits per heavy atom. The fourth-order valence-electron chi connectivity index (χ4n) is 3.33. The van der Waals surface area contributed by atoms with Crippen LogP contribution in [0.15, 0.2) is 23.1 Å². The lowest BCUT2D eigenvalue weighted by molar-refractivity contribution is -0.159. The standard InChI is InChI=1S/C20H28N2O7S/c1-13(19(23)21-15-4-5-15)29-20(24)14-8-10-22(11-9-14)30(25,26)16-6-7-17(27-2)18(12-16)28-3/h6-7,12-15H,4-5,8-11H2,1-3H3,(H,21,23). The van der Waals surface area contributed by atoms with Gasteiger partial charge >= 0.3 is 5.97 Å². The number of ether oxygens (including phenoxy) is 3. The Morgan fingerprint density at radius 1 is 1.07 bits per heavy atom. The van der Waals surface area contributed by atoms with Crippen molar-refractivity contribution < 1.29 is 32.2 Å². The van der Waals surface area contributed by atoms with E-state index in [0.29, 0.717) is 24.3 Å². The minimum absolute atomic E-state index is 0.103. The number of rotatable bonds is 8. The summed E-state index contributed by atoms with van der Waals surface area (Å²) in [4.78, 5) is 24.5. The van der Waals surface area contributed by atoms with E-state index in [1.165, 1.54) is 30.7 Å². The van der Waals surface area contributed by atoms with Crippen molar-refractivity contribution in [2.24, 2.45) is 5.92 Å². The van der Waals surface area contributed by atoms with Crippen molar-refractivity contribution in [3.05, 3.63) is 18.2 Å². The average molecular weight is 441 g/mol. The number of carbonyl (C=O) groups is 2. The highest BCUT2D eigenvalue weighted by atomic mass is 32.2. The number of piperidine rings is 1. The first kappa shape index (κ1) is 22.4. The number of sulfonamides is 1. The summed E-state index contributed by atoms with van der Waals surface area (Å²) in [5.74, 6) is -0.415. The van der Waals surface area contributed by atoms with E-state index in [1.807, 2.05) is 0 Å². The molecule has 2 aliphatic rings. The second-order valence-electron chi connectivity index (χ2n) is 7.56. The molecular weight excluding hydrogens is 412 g/mol. The number of carbonyl (C=O) groups excluding carboxylic acids is 2. The van der Waals surface area contributed by atoms with Crippen LogP contribution in [0, 0.1) is 5.92 Å². The van der Waals surface area contributed by atoms with Crippen LogP contribution in [0.1, 0.15) is 32.6 Å². The summed E-state index contributed by atoms with van der Waals surface area (Å²) in [6, 6.07) is 4.64. The van der Waals surface area contributed by atoms with Crippen LogP contribution in [0.5, 0.6) is 11.5 Å². The monoisotopic (exact) mass is 440 g/mol. The molecule has 0 spiro atoms. The summed E-state index contributed by atoms with van der Waals surface area (Å²) in [5.41, 5.74) is 0. The predicted molar refractivity (Wildman–Crippen MR) is 108 cm³/mol. The lowest BCUT2D eigenvalue weighted by Gasteiger charge is -2.30. The Labute approximate surface area is 176 Å². The maximum absolute atomic E-state index is 13.0. The summed E-state index contributed by atoms with van der Waals surface area (Å²) in [7, 11) is -0.810. The van der Waals surface area contributed by atoms with Crippen molar-refractivity contribution in [2.75, 3.05) is 27.3 Å². The summed E-state index contributed by atoms with van der Waals surface area (Å²) in [6.45, 7) is 1.93. The summed E-state index contributed by atoms with van der Waals surface area (Å²) >= 11 is 0. The van der Waals surface area contributed by atoms with Gasteiger partial charge in [0, 0.05) is 25.2 Å². The number of nitrogens with zero attached hydrogens (tertiary/aromatic N) is 1. The Morgan fingerprint density at radius 3 is 2.27 bits per heavy atom. The summed E-state index contributed by atoms with van der Waals surface area (Å²) in [6.07, 6.45) is 1.73. The highest BCUT2D eigenvalue weighted by molar-refractivity contribution is 7.89. The van der Waals surface area contributed by atoms with E-state index in [0.717, 1.165) is 12.8 Å². The first-order chi connectivity index (χ1) is 14.3. The van der Waals surface area contributed by atoms with Crippen LogP contribution in [0.4, 0.5) is 0 Å². The van der Waals surface area contributed by atoms with Gasteiger partial charge in [-0.05, 0) is 44.7 Å². The molecule has 1 saturated heterocycles. The highest BCUT2D eigenvalue weighted by Crippen LogP contribution is 2.32. The second-order valence-corrected chi connectivity index (χ2v) is 9.50. The molecule has 30 heavy (non-hydrogen) atoms. The Balaban J connectivity index is 1.57. The fourth-order valence-corrected chi connectivity index (χ4v) is 4.81. The number of amides is 1. The maximum atomic E-state index is 13.0. The van der Waals surface area contributed by atoms with Crippen molar-refractivity contribution in [1.82, 2.24) is 9.62 Å². The van der Waals surface area contributed by atoms with E-state index in [4.69, 9.17) is 14.2 Å². The van der Waals surface area contributed by atoms with Crippen LogP contribution in [-0.4, -0.2) is 64.1 Å². The smallest absolute Gasteiger partial charge is 0.309 e. The summed E-state index contributed by atoms with van der Waals surface area (Å²) in [5, 5.41) is 2.80. The molecular formula is C20H28N2O7S. The normalized spacial score (nSPS) is 19.0. The third-order valence-electron chi connectivity index (χ3n) is 5.37. The molecule has 1 saturated carbocycles. The molecule has 0 radical (unpaired) electrons. The van der Waals surface area contributed by atoms with Crippen LogP contribution >= 0.6 is 0 Å². The molecule has 1 amide bonds. The van der Waals surface area contributed by atoms with Gasteiger partial charge in [-0.1, -0.05) is 0 Å². The zero-order valence-corrected chi connectivity index (χ0v) is 18.2. The van der Waals surface area contributed by atoms with Crippen molar-refractivity contribution in [1.29, 1.82) is 0 Å². The Bertz CT molecular complexity index is 890. The van der Waals surface area contributed by atoms with Gasteiger partial charge in [0.25, 0.3) is 5.91 Å². The van der Waals surface area contributed by atoms with Crippen molar-refractivity contribution >= 4 is 21.9 Å². The Kier molecular flexibility index (Phi) is 6.87. The van der Waals surface area contributed by atoms with Crippen LogP contribution in [0.3, 0.4) is 0 Å². The minimum atomic E-state index is -3.73. The molecule has 1 aliphatic heterocycles. The molecule has 1 heterocycles. The molecule has 9 nitrogen and oxygen atoms in total. The molecule has 1 atom stereocenters. The van der Waals surface area contributed by atoms with E-state index >= 15 is 0 Å².